The van der Waals surface area contributed by atoms with E-state index >= 15 is 0 Å². The van der Waals surface area contributed by atoms with Gasteiger partial charge in [-0.3, -0.25) is 0 Å². The van der Waals surface area contributed by atoms with Crippen LogP contribution in [0.1, 0.15) is 44.3 Å². The van der Waals surface area contributed by atoms with Crippen molar-refractivity contribution in [2.45, 2.75) is 45.4 Å². The van der Waals surface area contributed by atoms with Crippen LogP contribution in [-0.4, -0.2) is 22.6 Å². The molecule has 0 amide bonds. The standard InChI is InChI=1S/C11H19N3O/c1-3-15-8(2)11-13-7-10(14-11)6-12-9-4-5-9/h7-9,12H,3-6H2,1-2H3,(H,13,14). The third kappa shape index (κ3) is 3.04. The maximum absolute atomic E-state index is 5.46. The van der Waals surface area contributed by atoms with E-state index in [0.717, 1.165) is 30.7 Å². The van der Waals surface area contributed by atoms with Gasteiger partial charge in [0.05, 0.1) is 0 Å². The number of aromatic nitrogens is 2. The predicted octanol–water partition coefficient (Wildman–Crippen LogP) is 1.76. The summed E-state index contributed by atoms with van der Waals surface area (Å²) in [7, 11) is 0. The van der Waals surface area contributed by atoms with Crippen molar-refractivity contribution in [1.82, 2.24) is 15.3 Å². The number of imidazole rings is 1. The summed E-state index contributed by atoms with van der Waals surface area (Å²) >= 11 is 0. The van der Waals surface area contributed by atoms with Gasteiger partial charge in [-0.1, -0.05) is 0 Å². The predicted molar refractivity (Wildman–Crippen MR) is 58.5 cm³/mol. The van der Waals surface area contributed by atoms with Gasteiger partial charge in [-0.25, -0.2) is 4.98 Å². The van der Waals surface area contributed by atoms with E-state index in [0.29, 0.717) is 0 Å². The minimum absolute atomic E-state index is 0.0599. The van der Waals surface area contributed by atoms with Crippen LogP contribution in [0.2, 0.25) is 0 Å². The van der Waals surface area contributed by atoms with Gasteiger partial charge in [-0.15, -0.1) is 0 Å². The van der Waals surface area contributed by atoms with Gasteiger partial charge in [0, 0.05) is 31.1 Å². The summed E-state index contributed by atoms with van der Waals surface area (Å²) in [6, 6.07) is 0.737. The molecule has 2 N–H and O–H groups in total. The Morgan fingerprint density at radius 3 is 3.13 bits per heavy atom. The fourth-order valence-corrected chi connectivity index (χ4v) is 1.54. The van der Waals surface area contributed by atoms with Crippen LogP contribution in [0.4, 0.5) is 0 Å². The first kappa shape index (κ1) is 10.6. The Morgan fingerprint density at radius 1 is 1.67 bits per heavy atom. The second-order valence-electron chi connectivity index (χ2n) is 4.05. The number of aromatic amines is 1. The third-order valence-corrected chi connectivity index (χ3v) is 2.61. The largest absolute Gasteiger partial charge is 0.371 e. The summed E-state index contributed by atoms with van der Waals surface area (Å²) in [5.74, 6) is 0.921. The smallest absolute Gasteiger partial charge is 0.135 e. The zero-order chi connectivity index (χ0) is 10.7. The zero-order valence-corrected chi connectivity index (χ0v) is 9.42. The van der Waals surface area contributed by atoms with Crippen molar-refractivity contribution in [2.24, 2.45) is 0 Å². The molecule has 1 aliphatic rings. The number of hydrogen-bond donors (Lipinski definition) is 2. The van der Waals surface area contributed by atoms with Crippen LogP contribution in [-0.2, 0) is 11.3 Å². The fraction of sp³-hybridized carbons (Fsp3) is 0.727. The zero-order valence-electron chi connectivity index (χ0n) is 9.42. The van der Waals surface area contributed by atoms with Gasteiger partial charge in [0.2, 0.25) is 0 Å². The number of nitrogens with one attached hydrogen (secondary N) is 2. The van der Waals surface area contributed by atoms with Crippen molar-refractivity contribution in [3.8, 4) is 0 Å². The Bertz CT molecular complexity index is 307. The van der Waals surface area contributed by atoms with Gasteiger partial charge in [0.1, 0.15) is 11.9 Å². The molecule has 4 heteroatoms. The minimum atomic E-state index is 0.0599. The van der Waals surface area contributed by atoms with Crippen LogP contribution in [0.25, 0.3) is 0 Å². The number of ether oxygens (including phenoxy) is 1. The maximum atomic E-state index is 5.46. The molecule has 0 spiro atoms. The van der Waals surface area contributed by atoms with Gasteiger partial charge in [-0.05, 0) is 26.7 Å². The maximum Gasteiger partial charge on any atom is 0.135 e. The van der Waals surface area contributed by atoms with Crippen LogP contribution in [0.3, 0.4) is 0 Å². The number of hydrogen-bond acceptors (Lipinski definition) is 3. The molecule has 1 aliphatic carbocycles. The van der Waals surface area contributed by atoms with Crippen molar-refractivity contribution in [3.63, 3.8) is 0 Å². The Labute approximate surface area is 90.4 Å². The molecule has 0 radical (unpaired) electrons. The molecule has 1 atom stereocenters. The molecule has 0 saturated heterocycles. The summed E-state index contributed by atoms with van der Waals surface area (Å²) in [6.45, 7) is 5.61. The van der Waals surface area contributed by atoms with Gasteiger partial charge >= 0.3 is 0 Å². The van der Waals surface area contributed by atoms with Gasteiger partial charge in [0.15, 0.2) is 0 Å². The number of H-pyrrole nitrogens is 1. The molecule has 1 saturated carbocycles. The first-order valence-corrected chi connectivity index (χ1v) is 5.68. The molecule has 15 heavy (non-hydrogen) atoms. The number of rotatable bonds is 6. The molecule has 1 aromatic heterocycles. The van der Waals surface area contributed by atoms with E-state index in [1.54, 1.807) is 0 Å². The van der Waals surface area contributed by atoms with Gasteiger partial charge in [-0.2, -0.15) is 0 Å². The number of nitrogens with zero attached hydrogens (tertiary/aromatic N) is 1. The van der Waals surface area contributed by atoms with E-state index in [1.807, 2.05) is 20.0 Å². The van der Waals surface area contributed by atoms with Crippen molar-refractivity contribution in [1.29, 1.82) is 0 Å². The van der Waals surface area contributed by atoms with E-state index in [1.165, 1.54) is 12.8 Å². The summed E-state index contributed by atoms with van der Waals surface area (Å²) in [5, 5.41) is 3.45. The van der Waals surface area contributed by atoms with E-state index < -0.39 is 0 Å². The molecular formula is C11H19N3O. The quantitative estimate of drug-likeness (QED) is 0.750. The van der Waals surface area contributed by atoms with E-state index in [2.05, 4.69) is 15.3 Å². The SMILES string of the molecule is CCOC(C)c1ncc(CNC2CC2)[nH]1. The lowest BCUT2D eigenvalue weighted by atomic mass is 10.4. The Balaban J connectivity index is 1.84. The van der Waals surface area contributed by atoms with Crippen LogP contribution in [0.5, 0.6) is 0 Å². The molecule has 0 aliphatic heterocycles. The highest BCUT2D eigenvalue weighted by atomic mass is 16.5. The normalized spacial score (nSPS) is 18.0. The van der Waals surface area contributed by atoms with E-state index in [9.17, 15) is 0 Å². The van der Waals surface area contributed by atoms with Crippen LogP contribution in [0.15, 0.2) is 6.20 Å². The molecule has 1 unspecified atom stereocenters. The molecule has 2 rings (SSSR count). The van der Waals surface area contributed by atoms with Crippen LogP contribution >= 0.6 is 0 Å². The topological polar surface area (TPSA) is 49.9 Å². The first-order valence-electron chi connectivity index (χ1n) is 5.68. The third-order valence-electron chi connectivity index (χ3n) is 2.61. The van der Waals surface area contributed by atoms with Crippen molar-refractivity contribution < 1.29 is 4.74 Å². The van der Waals surface area contributed by atoms with Crippen molar-refractivity contribution in [2.75, 3.05) is 6.61 Å². The van der Waals surface area contributed by atoms with E-state index in [-0.39, 0.29) is 6.10 Å². The van der Waals surface area contributed by atoms with Gasteiger partial charge < -0.3 is 15.0 Å². The molecule has 0 bridgehead atoms. The van der Waals surface area contributed by atoms with Crippen LogP contribution in [0, 0.1) is 0 Å². The minimum Gasteiger partial charge on any atom is -0.371 e. The molecule has 4 nitrogen and oxygen atoms in total. The summed E-state index contributed by atoms with van der Waals surface area (Å²) in [4.78, 5) is 7.59. The second kappa shape index (κ2) is 4.77. The average molecular weight is 209 g/mol. The monoisotopic (exact) mass is 209 g/mol. The first-order chi connectivity index (χ1) is 7.29. The molecule has 1 heterocycles. The highest BCUT2D eigenvalue weighted by Crippen LogP contribution is 2.19. The Kier molecular flexibility index (Phi) is 3.38. The molecule has 1 aromatic rings. The molecule has 84 valence electrons. The average Bonchev–Trinajstić information content (AvgIpc) is 2.93. The Morgan fingerprint density at radius 2 is 2.47 bits per heavy atom. The lowest BCUT2D eigenvalue weighted by Gasteiger charge is -2.07. The molecule has 0 aromatic carbocycles. The summed E-state index contributed by atoms with van der Waals surface area (Å²) in [5.41, 5.74) is 1.14. The summed E-state index contributed by atoms with van der Waals surface area (Å²) in [6.07, 6.45) is 4.58. The van der Waals surface area contributed by atoms with Gasteiger partial charge in [0.25, 0.3) is 0 Å². The lowest BCUT2D eigenvalue weighted by Crippen LogP contribution is -2.15. The highest BCUT2D eigenvalue weighted by molar-refractivity contribution is 5.03. The highest BCUT2D eigenvalue weighted by Gasteiger charge is 2.20. The lowest BCUT2D eigenvalue weighted by molar-refractivity contribution is 0.0706. The van der Waals surface area contributed by atoms with E-state index in [4.69, 9.17) is 4.74 Å². The molecular weight excluding hydrogens is 190 g/mol. The molecule has 1 fully saturated rings. The van der Waals surface area contributed by atoms with Crippen molar-refractivity contribution in [3.05, 3.63) is 17.7 Å². The Hall–Kier alpha value is -0.870. The fourth-order valence-electron chi connectivity index (χ4n) is 1.54. The van der Waals surface area contributed by atoms with Crippen LogP contribution < -0.4 is 5.32 Å². The van der Waals surface area contributed by atoms with Crippen molar-refractivity contribution >= 4 is 0 Å². The second-order valence-corrected chi connectivity index (χ2v) is 4.05. The summed E-state index contributed by atoms with van der Waals surface area (Å²) < 4.78 is 5.46.